The highest BCUT2D eigenvalue weighted by Crippen LogP contribution is 2.34. The minimum atomic E-state index is -0.484. The zero-order chi connectivity index (χ0) is 21.5. The highest BCUT2D eigenvalue weighted by molar-refractivity contribution is 5.89. The first-order valence-corrected chi connectivity index (χ1v) is 11.6. The Morgan fingerprint density at radius 1 is 1.03 bits per heavy atom. The number of benzene rings is 2. The molecule has 1 heterocycles. The first kappa shape index (κ1) is 21.7. The molecule has 5 nitrogen and oxygen atoms in total. The van der Waals surface area contributed by atoms with Gasteiger partial charge in [-0.25, -0.2) is 0 Å². The molecule has 1 aliphatic heterocycles. The molecule has 4 rings (SSSR count). The zero-order valence-electron chi connectivity index (χ0n) is 18.6. The van der Waals surface area contributed by atoms with Gasteiger partial charge in [0.05, 0.1) is 7.11 Å². The van der Waals surface area contributed by atoms with Gasteiger partial charge in [0.2, 0.25) is 5.91 Å². The van der Waals surface area contributed by atoms with Gasteiger partial charge in [-0.05, 0) is 74.5 Å². The van der Waals surface area contributed by atoms with E-state index in [4.69, 9.17) is 4.74 Å². The standard InChI is InChI=1S/C26H35N3O2/c1-31-24-11-9-23(10-12-24)28-26(15-5-6-16-26)25(30)27-19-21-13-17-29(18-14-21)20-22-7-3-2-4-8-22/h2-4,7-12,21,28H,5-6,13-20H2,1H3,(H,27,30). The van der Waals surface area contributed by atoms with Gasteiger partial charge in [-0.3, -0.25) is 9.69 Å². The summed E-state index contributed by atoms with van der Waals surface area (Å²) in [4.78, 5) is 15.8. The summed E-state index contributed by atoms with van der Waals surface area (Å²) >= 11 is 0. The molecule has 2 fully saturated rings. The third-order valence-electron chi connectivity index (χ3n) is 6.87. The molecule has 31 heavy (non-hydrogen) atoms. The Labute approximate surface area is 186 Å². The van der Waals surface area contributed by atoms with E-state index in [1.165, 1.54) is 5.56 Å². The molecule has 2 aliphatic rings. The Kier molecular flexibility index (Phi) is 7.13. The quantitative estimate of drug-likeness (QED) is 0.661. The first-order valence-electron chi connectivity index (χ1n) is 11.6. The summed E-state index contributed by atoms with van der Waals surface area (Å²) in [5, 5.41) is 6.85. The Balaban J connectivity index is 1.26. The number of carbonyl (C=O) groups is 1. The molecular formula is C26H35N3O2. The number of ether oxygens (including phenoxy) is 1. The minimum absolute atomic E-state index is 0.160. The molecular weight excluding hydrogens is 386 g/mol. The number of carbonyl (C=O) groups excluding carboxylic acids is 1. The van der Waals surface area contributed by atoms with Gasteiger partial charge < -0.3 is 15.4 Å². The van der Waals surface area contributed by atoms with E-state index in [1.807, 2.05) is 24.3 Å². The molecule has 2 aromatic carbocycles. The molecule has 1 saturated carbocycles. The molecule has 166 valence electrons. The van der Waals surface area contributed by atoms with Crippen molar-refractivity contribution in [1.29, 1.82) is 0 Å². The van der Waals surface area contributed by atoms with Crippen LogP contribution in [0.1, 0.15) is 44.1 Å². The maximum absolute atomic E-state index is 13.2. The maximum atomic E-state index is 13.2. The van der Waals surface area contributed by atoms with Gasteiger partial charge in [-0.2, -0.15) is 0 Å². The van der Waals surface area contributed by atoms with Gasteiger partial charge >= 0.3 is 0 Å². The van der Waals surface area contributed by atoms with E-state index in [9.17, 15) is 4.79 Å². The summed E-state index contributed by atoms with van der Waals surface area (Å²) in [7, 11) is 1.67. The van der Waals surface area contributed by atoms with Crippen LogP contribution in [0.5, 0.6) is 5.75 Å². The second-order valence-corrected chi connectivity index (χ2v) is 9.06. The molecule has 0 atom stereocenters. The van der Waals surface area contributed by atoms with Crippen molar-refractivity contribution in [2.45, 2.75) is 50.6 Å². The van der Waals surface area contributed by atoms with Crippen LogP contribution in [0.25, 0.3) is 0 Å². The van der Waals surface area contributed by atoms with Crippen LogP contribution in [0.4, 0.5) is 5.69 Å². The van der Waals surface area contributed by atoms with Crippen LogP contribution in [0.3, 0.4) is 0 Å². The number of amides is 1. The zero-order valence-corrected chi connectivity index (χ0v) is 18.6. The fourth-order valence-electron chi connectivity index (χ4n) is 4.93. The number of likely N-dealkylation sites (tertiary alicyclic amines) is 1. The van der Waals surface area contributed by atoms with E-state index >= 15 is 0 Å². The summed E-state index contributed by atoms with van der Waals surface area (Å²) in [6, 6.07) is 18.5. The van der Waals surface area contributed by atoms with Gasteiger partial charge in [0.25, 0.3) is 0 Å². The normalized spacial score (nSPS) is 19.1. The van der Waals surface area contributed by atoms with Crippen molar-refractivity contribution in [3.63, 3.8) is 0 Å². The van der Waals surface area contributed by atoms with Crippen molar-refractivity contribution in [2.75, 3.05) is 32.1 Å². The molecule has 1 amide bonds. The number of anilines is 1. The van der Waals surface area contributed by atoms with Crippen LogP contribution < -0.4 is 15.4 Å². The average Bonchev–Trinajstić information content (AvgIpc) is 3.29. The van der Waals surface area contributed by atoms with E-state index in [0.29, 0.717) is 5.92 Å². The van der Waals surface area contributed by atoms with Crippen molar-refractivity contribution in [1.82, 2.24) is 10.2 Å². The Morgan fingerprint density at radius 3 is 2.35 bits per heavy atom. The summed E-state index contributed by atoms with van der Waals surface area (Å²) in [5.41, 5.74) is 1.87. The third-order valence-corrected chi connectivity index (χ3v) is 6.87. The topological polar surface area (TPSA) is 53.6 Å². The van der Waals surface area contributed by atoms with E-state index in [-0.39, 0.29) is 5.91 Å². The van der Waals surface area contributed by atoms with E-state index in [2.05, 4.69) is 45.9 Å². The van der Waals surface area contributed by atoms with E-state index < -0.39 is 5.54 Å². The molecule has 1 saturated heterocycles. The monoisotopic (exact) mass is 421 g/mol. The second kappa shape index (κ2) is 10.2. The Hall–Kier alpha value is -2.53. The lowest BCUT2D eigenvalue weighted by Crippen LogP contribution is -2.52. The van der Waals surface area contributed by atoms with Crippen molar-refractivity contribution >= 4 is 11.6 Å². The van der Waals surface area contributed by atoms with Gasteiger partial charge in [0, 0.05) is 18.8 Å². The SMILES string of the molecule is COc1ccc(NC2(C(=O)NCC3CCN(Cc4ccccc4)CC3)CCCC2)cc1. The fraction of sp³-hybridized carbons (Fsp3) is 0.500. The Bertz CT molecular complexity index is 823. The molecule has 2 N–H and O–H groups in total. The molecule has 0 aromatic heterocycles. The number of hydrogen-bond donors (Lipinski definition) is 2. The van der Waals surface area contributed by atoms with Crippen LogP contribution in [0.15, 0.2) is 54.6 Å². The predicted molar refractivity (Wildman–Crippen MR) is 125 cm³/mol. The smallest absolute Gasteiger partial charge is 0.245 e. The molecule has 1 aliphatic carbocycles. The van der Waals surface area contributed by atoms with Crippen LogP contribution >= 0.6 is 0 Å². The number of nitrogens with zero attached hydrogens (tertiary/aromatic N) is 1. The van der Waals surface area contributed by atoms with Crippen molar-refractivity contribution < 1.29 is 9.53 Å². The lowest BCUT2D eigenvalue weighted by atomic mass is 9.93. The number of nitrogens with one attached hydrogen (secondary N) is 2. The number of piperidine rings is 1. The molecule has 0 spiro atoms. The molecule has 2 aromatic rings. The van der Waals surface area contributed by atoms with Gasteiger partial charge in [0.15, 0.2) is 0 Å². The van der Waals surface area contributed by atoms with Crippen molar-refractivity contribution in [3.05, 3.63) is 60.2 Å². The summed E-state index contributed by atoms with van der Waals surface area (Å²) in [5.74, 6) is 1.55. The lowest BCUT2D eigenvalue weighted by molar-refractivity contribution is -0.125. The van der Waals surface area contributed by atoms with Gasteiger partial charge in [0.1, 0.15) is 11.3 Å². The van der Waals surface area contributed by atoms with Gasteiger partial charge in [-0.15, -0.1) is 0 Å². The summed E-state index contributed by atoms with van der Waals surface area (Å²) in [6.07, 6.45) is 6.25. The van der Waals surface area contributed by atoms with Crippen molar-refractivity contribution in [3.8, 4) is 5.75 Å². The van der Waals surface area contributed by atoms with Crippen LogP contribution in [-0.4, -0.2) is 43.1 Å². The minimum Gasteiger partial charge on any atom is -0.497 e. The highest BCUT2D eigenvalue weighted by atomic mass is 16.5. The van der Waals surface area contributed by atoms with E-state index in [1.54, 1.807) is 7.11 Å². The average molecular weight is 422 g/mol. The number of methoxy groups -OCH3 is 1. The second-order valence-electron chi connectivity index (χ2n) is 9.06. The van der Waals surface area contributed by atoms with Crippen LogP contribution in [0.2, 0.25) is 0 Å². The van der Waals surface area contributed by atoms with Crippen molar-refractivity contribution in [2.24, 2.45) is 5.92 Å². The molecule has 5 heteroatoms. The lowest BCUT2D eigenvalue weighted by Gasteiger charge is -2.34. The van der Waals surface area contributed by atoms with Crippen LogP contribution in [0, 0.1) is 5.92 Å². The maximum Gasteiger partial charge on any atom is 0.245 e. The molecule has 0 radical (unpaired) electrons. The largest absolute Gasteiger partial charge is 0.497 e. The highest BCUT2D eigenvalue weighted by Gasteiger charge is 2.41. The molecule has 0 bridgehead atoms. The van der Waals surface area contributed by atoms with E-state index in [0.717, 1.165) is 76.1 Å². The summed E-state index contributed by atoms with van der Waals surface area (Å²) in [6.45, 7) is 4.01. The molecule has 0 unspecified atom stereocenters. The van der Waals surface area contributed by atoms with Crippen LogP contribution in [-0.2, 0) is 11.3 Å². The first-order chi connectivity index (χ1) is 15.2. The number of hydrogen-bond acceptors (Lipinski definition) is 4. The fourth-order valence-corrected chi connectivity index (χ4v) is 4.93. The van der Waals surface area contributed by atoms with Gasteiger partial charge in [-0.1, -0.05) is 43.2 Å². The number of rotatable bonds is 8. The summed E-state index contributed by atoms with van der Waals surface area (Å²) < 4.78 is 5.25. The predicted octanol–water partition coefficient (Wildman–Crippen LogP) is 4.45. The third kappa shape index (κ3) is 5.59. The Morgan fingerprint density at radius 2 is 1.71 bits per heavy atom.